The maximum Gasteiger partial charge on any atom is 0.245 e. The fourth-order valence-corrected chi connectivity index (χ4v) is 3.20. The van der Waals surface area contributed by atoms with Crippen molar-refractivity contribution in [3.8, 4) is 18.4 Å². The molecule has 1 aromatic carbocycles. The van der Waals surface area contributed by atoms with Crippen LogP contribution < -0.4 is 0 Å². The number of sulfonamides is 1. The molecule has 0 amide bonds. The van der Waals surface area contributed by atoms with Crippen LogP contribution >= 0.6 is 0 Å². The third kappa shape index (κ3) is 2.63. The highest BCUT2D eigenvalue weighted by Crippen LogP contribution is 2.26. The van der Waals surface area contributed by atoms with Crippen LogP contribution in [0.25, 0.3) is 0 Å². The van der Waals surface area contributed by atoms with Crippen LogP contribution in [0.3, 0.4) is 0 Å². The third-order valence-corrected chi connectivity index (χ3v) is 5.20. The van der Waals surface area contributed by atoms with E-state index in [0.29, 0.717) is 5.56 Å². The Bertz CT molecular complexity index is 676. The maximum absolute atomic E-state index is 12.5. The molecule has 100 valence electrons. The van der Waals surface area contributed by atoms with Crippen LogP contribution in [0.15, 0.2) is 23.1 Å². The second kappa shape index (κ2) is 5.05. The quantitative estimate of drug-likeness (QED) is 0.792. The van der Waals surface area contributed by atoms with Gasteiger partial charge in [0, 0.05) is 7.05 Å². The van der Waals surface area contributed by atoms with Crippen molar-refractivity contribution in [2.75, 3.05) is 7.05 Å². The van der Waals surface area contributed by atoms with E-state index < -0.39 is 15.6 Å². The predicted molar refractivity (Wildman–Crippen MR) is 73.8 cm³/mol. The summed E-state index contributed by atoms with van der Waals surface area (Å²) in [5.74, 6) is 2.43. The highest BCUT2D eigenvalue weighted by Gasteiger charge is 2.34. The Kier molecular flexibility index (Phi) is 4.05. The lowest BCUT2D eigenvalue weighted by Crippen LogP contribution is -2.44. The number of aryl methyl sites for hydroxylation is 1. The highest BCUT2D eigenvalue weighted by molar-refractivity contribution is 7.89. The van der Waals surface area contributed by atoms with E-state index in [9.17, 15) is 8.42 Å². The first kappa shape index (κ1) is 15.2. The van der Waals surface area contributed by atoms with Crippen molar-refractivity contribution in [2.45, 2.75) is 31.2 Å². The third-order valence-electron chi connectivity index (χ3n) is 3.13. The summed E-state index contributed by atoms with van der Waals surface area (Å²) in [5.41, 5.74) is -0.187. The minimum atomic E-state index is -3.81. The minimum absolute atomic E-state index is 0.0131. The maximum atomic E-state index is 12.5. The number of hydrogen-bond acceptors (Lipinski definition) is 3. The van der Waals surface area contributed by atoms with E-state index in [1.807, 2.05) is 6.07 Å². The molecule has 0 radical (unpaired) electrons. The molecule has 19 heavy (non-hydrogen) atoms. The molecule has 1 aromatic rings. The van der Waals surface area contributed by atoms with Gasteiger partial charge in [0.1, 0.15) is 11.0 Å². The van der Waals surface area contributed by atoms with Crippen molar-refractivity contribution in [1.82, 2.24) is 4.31 Å². The molecule has 0 saturated heterocycles. The Balaban J connectivity index is 3.52. The molecule has 0 aliphatic carbocycles. The lowest BCUT2D eigenvalue weighted by molar-refractivity contribution is 0.340. The molecule has 1 rings (SSSR count). The number of terminal acetylenes is 1. The van der Waals surface area contributed by atoms with Gasteiger partial charge in [0.25, 0.3) is 0 Å². The second-order valence-corrected chi connectivity index (χ2v) is 6.67. The van der Waals surface area contributed by atoms with Crippen LogP contribution in [0, 0.1) is 30.6 Å². The molecule has 0 saturated carbocycles. The van der Waals surface area contributed by atoms with Gasteiger partial charge in [-0.05, 0) is 32.4 Å². The number of rotatable bonds is 3. The van der Waals surface area contributed by atoms with Crippen molar-refractivity contribution >= 4 is 10.0 Å². The molecule has 0 aliphatic rings. The van der Waals surface area contributed by atoms with Gasteiger partial charge in [-0.15, -0.1) is 6.42 Å². The Labute approximate surface area is 114 Å². The molecule has 0 unspecified atom stereocenters. The van der Waals surface area contributed by atoms with E-state index in [1.54, 1.807) is 32.9 Å². The van der Waals surface area contributed by atoms with Gasteiger partial charge in [0.2, 0.25) is 10.0 Å². The molecule has 0 fully saturated rings. The molecule has 0 aromatic heterocycles. The van der Waals surface area contributed by atoms with E-state index >= 15 is 0 Å². The Morgan fingerprint density at radius 2 is 1.95 bits per heavy atom. The van der Waals surface area contributed by atoms with E-state index in [4.69, 9.17) is 11.7 Å². The first-order valence-corrected chi connectivity index (χ1v) is 7.09. The molecule has 0 bridgehead atoms. The molecule has 0 aliphatic heterocycles. The van der Waals surface area contributed by atoms with Crippen molar-refractivity contribution in [3.63, 3.8) is 0 Å². The summed E-state index contributed by atoms with van der Waals surface area (Å²) in [7, 11) is -2.39. The van der Waals surface area contributed by atoms with E-state index in [-0.39, 0.29) is 10.5 Å². The molecular formula is C14H16N2O2S. The molecule has 5 heteroatoms. The topological polar surface area (TPSA) is 61.2 Å². The predicted octanol–water partition coefficient (Wildman–Crippen LogP) is 1.90. The summed E-state index contributed by atoms with van der Waals surface area (Å²) >= 11 is 0. The smallest absolute Gasteiger partial charge is 0.207 e. The van der Waals surface area contributed by atoms with Crippen LogP contribution in [0.2, 0.25) is 0 Å². The summed E-state index contributed by atoms with van der Waals surface area (Å²) in [4.78, 5) is -0.0131. The van der Waals surface area contributed by atoms with E-state index in [1.165, 1.54) is 13.1 Å². The average molecular weight is 276 g/mol. The summed E-state index contributed by atoms with van der Waals surface area (Å²) in [6.45, 7) is 4.96. The zero-order chi connectivity index (χ0) is 14.8. The number of nitrogens with zero attached hydrogens (tertiary/aromatic N) is 2. The van der Waals surface area contributed by atoms with E-state index in [0.717, 1.165) is 4.31 Å². The molecule has 4 nitrogen and oxygen atoms in total. The Morgan fingerprint density at radius 1 is 1.37 bits per heavy atom. The van der Waals surface area contributed by atoms with Crippen LogP contribution in [-0.2, 0) is 10.0 Å². The van der Waals surface area contributed by atoms with Gasteiger partial charge in [-0.25, -0.2) is 8.42 Å². The van der Waals surface area contributed by atoms with Gasteiger partial charge >= 0.3 is 0 Å². The number of benzene rings is 1. The van der Waals surface area contributed by atoms with Gasteiger partial charge in [0.05, 0.1) is 11.1 Å². The SMILES string of the molecule is C#CC(C)(C)N(C)S(=O)(=O)c1cccc(C)c1C#N. The van der Waals surface area contributed by atoms with Crippen LogP contribution in [0.4, 0.5) is 0 Å². The first-order chi connectivity index (χ1) is 8.68. The standard InChI is InChI=1S/C14H16N2O2S/c1-6-14(3,4)16(5)19(17,18)13-9-7-8-11(2)12(13)10-15/h1,7-9H,2-5H3. The average Bonchev–Trinajstić information content (AvgIpc) is 2.37. The Hall–Kier alpha value is -1.82. The lowest BCUT2D eigenvalue weighted by atomic mass is 10.1. The minimum Gasteiger partial charge on any atom is -0.207 e. The van der Waals surface area contributed by atoms with Crippen molar-refractivity contribution in [2.24, 2.45) is 0 Å². The van der Waals surface area contributed by atoms with Crippen LogP contribution in [0.5, 0.6) is 0 Å². The molecule has 0 N–H and O–H groups in total. The fourth-order valence-electron chi connectivity index (χ4n) is 1.54. The summed E-state index contributed by atoms with van der Waals surface area (Å²) < 4.78 is 26.2. The van der Waals surface area contributed by atoms with Gasteiger partial charge < -0.3 is 0 Å². The fraction of sp³-hybridized carbons (Fsp3) is 0.357. The van der Waals surface area contributed by atoms with Gasteiger partial charge in [-0.1, -0.05) is 18.1 Å². The van der Waals surface area contributed by atoms with Gasteiger partial charge in [0.15, 0.2) is 0 Å². The number of nitriles is 1. The van der Waals surface area contributed by atoms with Gasteiger partial charge in [-0.3, -0.25) is 0 Å². The Morgan fingerprint density at radius 3 is 2.42 bits per heavy atom. The van der Waals surface area contributed by atoms with E-state index in [2.05, 4.69) is 5.92 Å². The van der Waals surface area contributed by atoms with Crippen molar-refractivity contribution in [1.29, 1.82) is 5.26 Å². The highest BCUT2D eigenvalue weighted by atomic mass is 32.2. The van der Waals surface area contributed by atoms with Crippen molar-refractivity contribution in [3.05, 3.63) is 29.3 Å². The first-order valence-electron chi connectivity index (χ1n) is 5.65. The molecule has 0 spiro atoms. The summed E-state index contributed by atoms with van der Waals surface area (Å²) in [6, 6.07) is 6.67. The molecular weight excluding hydrogens is 260 g/mol. The normalized spacial score (nSPS) is 11.9. The van der Waals surface area contributed by atoms with Crippen LogP contribution in [-0.4, -0.2) is 25.3 Å². The van der Waals surface area contributed by atoms with Crippen LogP contribution in [0.1, 0.15) is 25.0 Å². The van der Waals surface area contributed by atoms with Crippen molar-refractivity contribution < 1.29 is 8.42 Å². The second-order valence-electron chi connectivity index (χ2n) is 4.74. The monoisotopic (exact) mass is 276 g/mol. The summed E-state index contributed by atoms with van der Waals surface area (Å²) in [5, 5.41) is 9.13. The molecule has 0 atom stereocenters. The zero-order valence-corrected chi connectivity index (χ0v) is 12.2. The zero-order valence-electron chi connectivity index (χ0n) is 11.4. The molecule has 0 heterocycles. The summed E-state index contributed by atoms with van der Waals surface area (Å²) in [6.07, 6.45) is 5.36. The largest absolute Gasteiger partial charge is 0.245 e. The lowest BCUT2D eigenvalue weighted by Gasteiger charge is -2.30. The van der Waals surface area contributed by atoms with Gasteiger partial charge in [-0.2, -0.15) is 9.57 Å². The number of hydrogen-bond donors (Lipinski definition) is 0.